The summed E-state index contributed by atoms with van der Waals surface area (Å²) in [6, 6.07) is 13.8. The molecule has 1 aliphatic heterocycles. The normalized spacial score (nSPS) is 15.4. The van der Waals surface area contributed by atoms with Crippen LogP contribution in [0.2, 0.25) is 0 Å². The van der Waals surface area contributed by atoms with Crippen LogP contribution in [0.4, 0.5) is 11.4 Å². The highest BCUT2D eigenvalue weighted by Crippen LogP contribution is 2.26. The number of anilines is 2. The fraction of sp³-hybridized carbons (Fsp3) is 0.316. The molecular weight excluding hydrogens is 368 g/mol. The summed E-state index contributed by atoms with van der Waals surface area (Å²) < 4.78 is 36.2. The molecule has 8 heteroatoms. The SMILES string of the molecule is CCOc1ccc(OCC(=O)Nc2cccc(N3CCCS3(=O)=O)c2)cc1. The van der Waals surface area contributed by atoms with Gasteiger partial charge in [0.15, 0.2) is 6.61 Å². The van der Waals surface area contributed by atoms with Crippen molar-refractivity contribution in [1.29, 1.82) is 0 Å². The van der Waals surface area contributed by atoms with Gasteiger partial charge >= 0.3 is 0 Å². The number of ether oxygens (including phenoxy) is 2. The van der Waals surface area contributed by atoms with Crippen molar-refractivity contribution in [2.24, 2.45) is 0 Å². The van der Waals surface area contributed by atoms with Gasteiger partial charge in [0.05, 0.1) is 18.0 Å². The number of amides is 1. The van der Waals surface area contributed by atoms with E-state index < -0.39 is 10.0 Å². The van der Waals surface area contributed by atoms with E-state index in [2.05, 4.69) is 5.32 Å². The molecule has 7 nitrogen and oxygen atoms in total. The van der Waals surface area contributed by atoms with Gasteiger partial charge in [-0.05, 0) is 55.8 Å². The van der Waals surface area contributed by atoms with Gasteiger partial charge < -0.3 is 14.8 Å². The molecule has 1 amide bonds. The molecule has 0 bridgehead atoms. The fourth-order valence-electron chi connectivity index (χ4n) is 2.81. The molecule has 0 aliphatic carbocycles. The number of nitrogens with one attached hydrogen (secondary N) is 1. The van der Waals surface area contributed by atoms with E-state index in [9.17, 15) is 13.2 Å². The second-order valence-electron chi connectivity index (χ2n) is 6.03. The van der Waals surface area contributed by atoms with Crippen LogP contribution >= 0.6 is 0 Å². The maximum Gasteiger partial charge on any atom is 0.262 e. The van der Waals surface area contributed by atoms with Gasteiger partial charge in [0.2, 0.25) is 10.0 Å². The Morgan fingerprint density at radius 2 is 1.81 bits per heavy atom. The van der Waals surface area contributed by atoms with Crippen LogP contribution in [0.1, 0.15) is 13.3 Å². The Kier molecular flexibility index (Phi) is 5.85. The number of hydrogen-bond acceptors (Lipinski definition) is 5. The van der Waals surface area contributed by atoms with E-state index in [0.29, 0.717) is 36.7 Å². The van der Waals surface area contributed by atoms with Crippen molar-refractivity contribution in [1.82, 2.24) is 0 Å². The highest BCUT2D eigenvalue weighted by atomic mass is 32.2. The Morgan fingerprint density at radius 3 is 2.44 bits per heavy atom. The van der Waals surface area contributed by atoms with Crippen molar-refractivity contribution in [2.45, 2.75) is 13.3 Å². The molecule has 0 radical (unpaired) electrons. The monoisotopic (exact) mass is 390 g/mol. The van der Waals surface area contributed by atoms with Crippen molar-refractivity contribution >= 4 is 27.3 Å². The lowest BCUT2D eigenvalue weighted by atomic mass is 10.2. The summed E-state index contributed by atoms with van der Waals surface area (Å²) in [5.41, 5.74) is 1.08. The highest BCUT2D eigenvalue weighted by molar-refractivity contribution is 7.93. The number of carbonyl (C=O) groups is 1. The maximum atomic E-state index is 12.1. The average molecular weight is 390 g/mol. The number of hydrogen-bond donors (Lipinski definition) is 1. The zero-order valence-corrected chi connectivity index (χ0v) is 15.9. The third-order valence-corrected chi connectivity index (χ3v) is 5.89. The molecule has 2 aromatic carbocycles. The van der Waals surface area contributed by atoms with E-state index in [0.717, 1.165) is 5.75 Å². The summed E-state index contributed by atoms with van der Waals surface area (Å²) in [6.07, 6.45) is 0.606. The van der Waals surface area contributed by atoms with Crippen LogP contribution in [-0.2, 0) is 14.8 Å². The maximum absolute atomic E-state index is 12.1. The van der Waals surface area contributed by atoms with E-state index in [1.54, 1.807) is 48.5 Å². The van der Waals surface area contributed by atoms with Gasteiger partial charge in [-0.1, -0.05) is 6.07 Å². The summed E-state index contributed by atoms with van der Waals surface area (Å²) in [7, 11) is -3.25. The van der Waals surface area contributed by atoms with Gasteiger partial charge in [0.1, 0.15) is 11.5 Å². The molecule has 2 aromatic rings. The predicted molar refractivity (Wildman–Crippen MR) is 104 cm³/mol. The lowest BCUT2D eigenvalue weighted by Crippen LogP contribution is -2.25. The van der Waals surface area contributed by atoms with E-state index in [4.69, 9.17) is 9.47 Å². The van der Waals surface area contributed by atoms with Crippen molar-refractivity contribution in [3.63, 3.8) is 0 Å². The Morgan fingerprint density at radius 1 is 1.11 bits per heavy atom. The highest BCUT2D eigenvalue weighted by Gasteiger charge is 2.28. The summed E-state index contributed by atoms with van der Waals surface area (Å²) in [5, 5.41) is 2.72. The number of carbonyl (C=O) groups excluding carboxylic acids is 1. The second kappa shape index (κ2) is 8.30. The molecule has 0 saturated carbocycles. The Balaban J connectivity index is 1.57. The molecule has 1 heterocycles. The molecule has 27 heavy (non-hydrogen) atoms. The minimum Gasteiger partial charge on any atom is -0.494 e. The van der Waals surface area contributed by atoms with Crippen molar-refractivity contribution < 1.29 is 22.7 Å². The molecule has 3 rings (SSSR count). The van der Waals surface area contributed by atoms with Gasteiger partial charge in [-0.25, -0.2) is 8.42 Å². The summed E-state index contributed by atoms with van der Waals surface area (Å²) >= 11 is 0. The standard InChI is InChI=1S/C19H22N2O5S/c1-2-25-17-7-9-18(10-8-17)26-14-19(22)20-15-5-3-6-16(13-15)21-11-4-12-27(21,23)24/h3,5-10,13H,2,4,11-12,14H2,1H3,(H,20,22). The lowest BCUT2D eigenvalue weighted by Gasteiger charge is -2.17. The van der Waals surface area contributed by atoms with Crippen LogP contribution in [0.5, 0.6) is 11.5 Å². The van der Waals surface area contributed by atoms with Crippen LogP contribution in [0.15, 0.2) is 48.5 Å². The first-order valence-electron chi connectivity index (χ1n) is 8.74. The zero-order chi connectivity index (χ0) is 19.3. The summed E-state index contributed by atoms with van der Waals surface area (Å²) in [6.45, 7) is 2.80. The van der Waals surface area contributed by atoms with Gasteiger partial charge in [-0.15, -0.1) is 0 Å². The van der Waals surface area contributed by atoms with E-state index in [1.807, 2.05) is 6.92 Å². The molecule has 1 N–H and O–H groups in total. The Hall–Kier alpha value is -2.74. The Bertz CT molecular complexity index is 897. The van der Waals surface area contributed by atoms with Crippen LogP contribution in [0.3, 0.4) is 0 Å². The predicted octanol–water partition coefficient (Wildman–Crippen LogP) is 2.64. The zero-order valence-electron chi connectivity index (χ0n) is 15.1. The molecule has 1 saturated heterocycles. The second-order valence-corrected chi connectivity index (χ2v) is 8.05. The summed E-state index contributed by atoms with van der Waals surface area (Å²) in [4.78, 5) is 12.1. The molecule has 0 atom stereocenters. The van der Waals surface area contributed by atoms with Crippen molar-refractivity contribution in [2.75, 3.05) is 35.1 Å². The van der Waals surface area contributed by atoms with Gasteiger partial charge in [-0.3, -0.25) is 9.10 Å². The molecular formula is C19H22N2O5S. The number of sulfonamides is 1. The number of nitrogens with zero attached hydrogens (tertiary/aromatic N) is 1. The molecule has 0 aromatic heterocycles. The van der Waals surface area contributed by atoms with Crippen molar-refractivity contribution in [3.8, 4) is 11.5 Å². The first-order valence-corrected chi connectivity index (χ1v) is 10.3. The first kappa shape index (κ1) is 19.0. The minimum atomic E-state index is -3.25. The van der Waals surface area contributed by atoms with Crippen LogP contribution < -0.4 is 19.1 Å². The molecule has 0 spiro atoms. The third-order valence-electron chi connectivity index (χ3n) is 4.02. The molecule has 0 unspecified atom stereocenters. The largest absolute Gasteiger partial charge is 0.494 e. The van der Waals surface area contributed by atoms with Crippen LogP contribution in [0.25, 0.3) is 0 Å². The molecule has 144 valence electrons. The van der Waals surface area contributed by atoms with Gasteiger partial charge in [0, 0.05) is 12.2 Å². The average Bonchev–Trinajstić information content (AvgIpc) is 3.01. The first-order chi connectivity index (χ1) is 13.0. The summed E-state index contributed by atoms with van der Waals surface area (Å²) in [5.74, 6) is 1.12. The van der Waals surface area contributed by atoms with Crippen LogP contribution in [-0.4, -0.2) is 39.8 Å². The Labute approximate surface area is 158 Å². The smallest absolute Gasteiger partial charge is 0.262 e. The molecule has 1 fully saturated rings. The van der Waals surface area contributed by atoms with Gasteiger partial charge in [0.25, 0.3) is 5.91 Å². The topological polar surface area (TPSA) is 84.9 Å². The lowest BCUT2D eigenvalue weighted by molar-refractivity contribution is -0.118. The van der Waals surface area contributed by atoms with Crippen LogP contribution in [0, 0.1) is 0 Å². The fourth-order valence-corrected chi connectivity index (χ4v) is 4.37. The molecule has 1 aliphatic rings. The van der Waals surface area contributed by atoms with E-state index in [-0.39, 0.29) is 18.3 Å². The number of benzene rings is 2. The van der Waals surface area contributed by atoms with Crippen molar-refractivity contribution in [3.05, 3.63) is 48.5 Å². The van der Waals surface area contributed by atoms with Gasteiger partial charge in [-0.2, -0.15) is 0 Å². The van der Waals surface area contributed by atoms with E-state index >= 15 is 0 Å². The third kappa shape index (κ3) is 4.91. The van der Waals surface area contributed by atoms with E-state index in [1.165, 1.54) is 4.31 Å². The minimum absolute atomic E-state index is 0.152. The quantitative estimate of drug-likeness (QED) is 0.786. The number of rotatable bonds is 7.